The number of halogens is 1. The van der Waals surface area contributed by atoms with Crippen molar-refractivity contribution in [2.75, 3.05) is 60.7 Å². The van der Waals surface area contributed by atoms with Gasteiger partial charge in [0.1, 0.15) is 24.6 Å². The summed E-state index contributed by atoms with van der Waals surface area (Å²) in [5.74, 6) is 0.593. The zero-order valence-corrected chi connectivity index (χ0v) is 22.8. The molecule has 3 N–H and O–H groups in total. The van der Waals surface area contributed by atoms with Crippen LogP contribution in [0.25, 0.3) is 11.1 Å². The number of nitrogens with zero attached hydrogens (tertiary/aromatic N) is 6. The van der Waals surface area contributed by atoms with E-state index in [-0.39, 0.29) is 18.5 Å². The molecule has 10 nitrogen and oxygen atoms in total. The second kappa shape index (κ2) is 11.0. The molecule has 4 heterocycles. The maximum atomic E-state index is 14.0. The SMILES string of the molecule is Cc1cc([C@H](C)Nc2nccc(N3C(=O)OC[C@@H]3[C@H](C)F)n2)ncc1-c1cc(N)cc(N2CCN(C)CC2)c1. The number of pyridine rings is 1. The minimum Gasteiger partial charge on any atom is -0.447 e. The summed E-state index contributed by atoms with van der Waals surface area (Å²) in [4.78, 5) is 31.6. The number of aromatic nitrogens is 3. The molecule has 2 aliphatic rings. The van der Waals surface area contributed by atoms with Crippen molar-refractivity contribution in [2.45, 2.75) is 39.0 Å². The maximum Gasteiger partial charge on any atom is 0.416 e. The molecule has 1 amide bonds. The number of anilines is 4. The molecule has 3 aromatic rings. The van der Waals surface area contributed by atoms with Crippen molar-refractivity contribution in [2.24, 2.45) is 0 Å². The number of carbonyl (C=O) groups excluding carboxylic acids is 1. The van der Waals surface area contributed by atoms with E-state index in [1.54, 1.807) is 6.07 Å². The predicted octanol–water partition coefficient (Wildman–Crippen LogP) is 4.04. The summed E-state index contributed by atoms with van der Waals surface area (Å²) in [5.41, 5.74) is 12.1. The molecule has 0 spiro atoms. The predicted molar refractivity (Wildman–Crippen MR) is 151 cm³/mol. The number of cyclic esters (lactones) is 1. The van der Waals surface area contributed by atoms with E-state index < -0.39 is 18.3 Å². The first-order chi connectivity index (χ1) is 18.7. The van der Waals surface area contributed by atoms with Gasteiger partial charge in [-0.2, -0.15) is 4.98 Å². The van der Waals surface area contributed by atoms with Crippen molar-refractivity contribution >= 4 is 29.2 Å². The Bertz CT molecular complexity index is 1340. The summed E-state index contributed by atoms with van der Waals surface area (Å²) in [6.07, 6.45) is 1.52. The second-order valence-corrected chi connectivity index (χ2v) is 10.3. The molecule has 0 unspecified atom stereocenters. The van der Waals surface area contributed by atoms with Crippen LogP contribution >= 0.6 is 0 Å². The number of ether oxygens (including phenoxy) is 1. The van der Waals surface area contributed by atoms with E-state index in [9.17, 15) is 9.18 Å². The summed E-state index contributed by atoms with van der Waals surface area (Å²) >= 11 is 0. The lowest BCUT2D eigenvalue weighted by molar-refractivity contribution is 0.174. The first-order valence-corrected chi connectivity index (χ1v) is 13.2. The Hall–Kier alpha value is -3.99. The number of benzene rings is 1. The molecule has 0 bridgehead atoms. The van der Waals surface area contributed by atoms with Crippen molar-refractivity contribution in [3.8, 4) is 11.1 Å². The van der Waals surface area contributed by atoms with Crippen LogP contribution in [0.2, 0.25) is 0 Å². The Morgan fingerprint density at radius 1 is 1.13 bits per heavy atom. The van der Waals surface area contributed by atoms with E-state index in [1.165, 1.54) is 18.0 Å². The zero-order valence-electron chi connectivity index (χ0n) is 22.8. The number of rotatable bonds is 7. The topological polar surface area (TPSA) is 113 Å². The van der Waals surface area contributed by atoms with Gasteiger partial charge in [-0.05, 0) is 69.3 Å². The molecule has 2 aliphatic heterocycles. The molecule has 3 atom stereocenters. The molecule has 206 valence electrons. The van der Waals surface area contributed by atoms with Crippen LogP contribution in [-0.4, -0.2) is 78.0 Å². The molecule has 2 aromatic heterocycles. The van der Waals surface area contributed by atoms with Crippen LogP contribution < -0.4 is 20.9 Å². The van der Waals surface area contributed by atoms with Crippen LogP contribution in [0.5, 0.6) is 0 Å². The highest BCUT2D eigenvalue weighted by Gasteiger charge is 2.39. The highest BCUT2D eigenvalue weighted by Crippen LogP contribution is 2.32. The number of amides is 1. The molecule has 0 radical (unpaired) electrons. The Morgan fingerprint density at radius 3 is 2.62 bits per heavy atom. The summed E-state index contributed by atoms with van der Waals surface area (Å²) < 4.78 is 19.1. The van der Waals surface area contributed by atoms with Gasteiger partial charge in [0.15, 0.2) is 0 Å². The molecular weight excluding hydrogens is 499 g/mol. The molecule has 5 rings (SSSR count). The number of piperazine rings is 1. The molecular formula is C28H35FN8O2. The van der Waals surface area contributed by atoms with Crippen molar-refractivity contribution in [3.05, 3.63) is 54.0 Å². The van der Waals surface area contributed by atoms with Gasteiger partial charge >= 0.3 is 6.09 Å². The lowest BCUT2D eigenvalue weighted by atomic mass is 9.99. The van der Waals surface area contributed by atoms with Crippen LogP contribution in [0.15, 0.2) is 42.7 Å². The third-order valence-electron chi connectivity index (χ3n) is 7.36. The number of nitrogens with two attached hydrogens (primary N) is 1. The second-order valence-electron chi connectivity index (χ2n) is 10.3. The average Bonchev–Trinajstić information content (AvgIpc) is 3.30. The number of carbonyl (C=O) groups is 1. The summed E-state index contributed by atoms with van der Waals surface area (Å²) in [6, 6.07) is 8.85. The molecule has 0 saturated carbocycles. The number of aryl methyl sites for hydroxylation is 1. The molecule has 39 heavy (non-hydrogen) atoms. The largest absolute Gasteiger partial charge is 0.447 e. The molecule has 1 aromatic carbocycles. The van der Waals surface area contributed by atoms with E-state index in [4.69, 9.17) is 15.5 Å². The molecule has 0 aliphatic carbocycles. The summed E-state index contributed by atoms with van der Waals surface area (Å²) in [5, 5.41) is 3.24. The number of hydrogen-bond acceptors (Lipinski definition) is 9. The summed E-state index contributed by atoms with van der Waals surface area (Å²) in [6.45, 7) is 9.38. The van der Waals surface area contributed by atoms with Gasteiger partial charge in [0.05, 0.1) is 11.7 Å². The molecule has 2 saturated heterocycles. The van der Waals surface area contributed by atoms with Crippen LogP contribution in [0, 0.1) is 6.92 Å². The lowest BCUT2D eigenvalue weighted by Crippen LogP contribution is -2.44. The van der Waals surface area contributed by atoms with Gasteiger partial charge in [0.2, 0.25) is 5.95 Å². The quantitative estimate of drug-likeness (QED) is 0.434. The van der Waals surface area contributed by atoms with Gasteiger partial charge in [0, 0.05) is 55.5 Å². The molecule has 2 fully saturated rings. The average molecular weight is 535 g/mol. The third kappa shape index (κ3) is 5.73. The zero-order chi connectivity index (χ0) is 27.7. The van der Waals surface area contributed by atoms with E-state index in [2.05, 4.69) is 45.1 Å². The van der Waals surface area contributed by atoms with Gasteiger partial charge < -0.3 is 25.6 Å². The minimum absolute atomic E-state index is 0.0147. The third-order valence-corrected chi connectivity index (χ3v) is 7.36. The van der Waals surface area contributed by atoms with Gasteiger partial charge in [-0.1, -0.05) is 0 Å². The van der Waals surface area contributed by atoms with Crippen molar-refractivity contribution in [1.29, 1.82) is 0 Å². The number of likely N-dealkylation sites (N-methyl/N-ethyl adjacent to an activating group) is 1. The van der Waals surface area contributed by atoms with Gasteiger partial charge in [-0.15, -0.1) is 0 Å². The molecule has 11 heteroatoms. The lowest BCUT2D eigenvalue weighted by Gasteiger charge is -2.34. The first kappa shape index (κ1) is 26.6. The Labute approximate surface area is 228 Å². The fourth-order valence-corrected chi connectivity index (χ4v) is 5.01. The highest BCUT2D eigenvalue weighted by molar-refractivity contribution is 5.89. The van der Waals surface area contributed by atoms with Gasteiger partial charge in [-0.3, -0.25) is 9.88 Å². The van der Waals surface area contributed by atoms with Crippen LogP contribution in [0.3, 0.4) is 0 Å². The van der Waals surface area contributed by atoms with E-state index in [0.717, 1.165) is 59.9 Å². The minimum atomic E-state index is -1.26. The van der Waals surface area contributed by atoms with Crippen LogP contribution in [0.1, 0.15) is 31.1 Å². The smallest absolute Gasteiger partial charge is 0.416 e. The standard InChI is InChI=1S/C28H35FN8O2/c1-17-11-24(19(3)33-27-31-6-5-26(34-27)37-25(18(2)29)16-39-28(37)38)32-15-23(17)20-12-21(30)14-22(13-20)36-9-7-35(4)8-10-36/h5-6,11-15,18-19,25H,7-10,16,30H2,1-4H3,(H,31,33,34)/t18-,19-,25+/m0/s1. The maximum absolute atomic E-state index is 14.0. The fraction of sp³-hybridized carbons (Fsp3) is 0.429. The number of nitrogen functional groups attached to an aromatic ring is 1. The first-order valence-electron chi connectivity index (χ1n) is 13.2. The summed E-state index contributed by atoms with van der Waals surface area (Å²) in [7, 11) is 2.14. The van der Waals surface area contributed by atoms with E-state index in [1.807, 2.05) is 31.3 Å². The van der Waals surface area contributed by atoms with Crippen LogP contribution in [-0.2, 0) is 4.74 Å². The Morgan fingerprint density at radius 2 is 1.90 bits per heavy atom. The number of hydrogen-bond donors (Lipinski definition) is 2. The van der Waals surface area contributed by atoms with Crippen molar-refractivity contribution in [3.63, 3.8) is 0 Å². The van der Waals surface area contributed by atoms with Gasteiger partial charge in [-0.25, -0.2) is 14.2 Å². The highest BCUT2D eigenvalue weighted by atomic mass is 19.1. The van der Waals surface area contributed by atoms with E-state index in [0.29, 0.717) is 5.95 Å². The fourth-order valence-electron chi connectivity index (χ4n) is 5.01. The van der Waals surface area contributed by atoms with Crippen molar-refractivity contribution < 1.29 is 13.9 Å². The van der Waals surface area contributed by atoms with Crippen molar-refractivity contribution in [1.82, 2.24) is 19.9 Å². The number of nitrogens with one attached hydrogen (secondary N) is 1. The van der Waals surface area contributed by atoms with Crippen LogP contribution in [0.4, 0.5) is 32.3 Å². The Balaban J connectivity index is 1.33. The normalized spacial score (nSPS) is 19.6. The Kier molecular flexibility index (Phi) is 7.51. The van der Waals surface area contributed by atoms with Gasteiger partial charge in [0.25, 0.3) is 0 Å². The monoisotopic (exact) mass is 534 g/mol. The van der Waals surface area contributed by atoms with E-state index >= 15 is 0 Å². The number of alkyl halides is 1.